The van der Waals surface area contributed by atoms with Crippen molar-refractivity contribution in [1.82, 2.24) is 10.6 Å². The molecule has 0 bridgehead atoms. The number of carbonyl (C=O) groups excluding carboxylic acids is 1. The fourth-order valence-electron chi connectivity index (χ4n) is 2.11. The summed E-state index contributed by atoms with van der Waals surface area (Å²) in [6, 6.07) is 14.2. The lowest BCUT2D eigenvalue weighted by atomic mass is 10.2. The van der Waals surface area contributed by atoms with Gasteiger partial charge in [-0.3, -0.25) is 4.79 Å². The van der Waals surface area contributed by atoms with Crippen LogP contribution in [0.1, 0.15) is 18.1 Å². The first-order chi connectivity index (χ1) is 11.2. The quantitative estimate of drug-likeness (QED) is 0.736. The number of benzene rings is 2. The molecule has 0 radical (unpaired) electrons. The topological polar surface area (TPSA) is 50.4 Å². The summed E-state index contributed by atoms with van der Waals surface area (Å²) in [6.45, 7) is 3.54. The van der Waals surface area contributed by atoms with Crippen LogP contribution in [0.3, 0.4) is 0 Å². The van der Waals surface area contributed by atoms with Crippen LogP contribution in [-0.4, -0.2) is 19.0 Å². The summed E-state index contributed by atoms with van der Waals surface area (Å²) >= 11 is 0. The van der Waals surface area contributed by atoms with Gasteiger partial charge in [0.1, 0.15) is 18.2 Å². The van der Waals surface area contributed by atoms with Crippen LogP contribution in [0.15, 0.2) is 48.5 Å². The molecule has 1 amide bonds. The van der Waals surface area contributed by atoms with Gasteiger partial charge in [-0.15, -0.1) is 0 Å². The van der Waals surface area contributed by atoms with Crippen molar-refractivity contribution in [2.45, 2.75) is 20.1 Å². The van der Waals surface area contributed by atoms with Gasteiger partial charge in [0.15, 0.2) is 0 Å². The minimum atomic E-state index is -0.265. The maximum Gasteiger partial charge on any atom is 0.216 e. The van der Waals surface area contributed by atoms with E-state index in [0.717, 1.165) is 11.3 Å². The lowest BCUT2D eigenvalue weighted by Crippen LogP contribution is -2.29. The molecule has 0 atom stereocenters. The van der Waals surface area contributed by atoms with Crippen LogP contribution in [0.25, 0.3) is 0 Å². The molecule has 0 aliphatic rings. The molecular formula is C18H21FN2O2. The van der Waals surface area contributed by atoms with E-state index in [-0.39, 0.29) is 18.3 Å². The van der Waals surface area contributed by atoms with E-state index in [1.54, 1.807) is 18.2 Å². The average Bonchev–Trinajstić information content (AvgIpc) is 2.54. The largest absolute Gasteiger partial charge is 0.488 e. The molecule has 0 aliphatic heterocycles. The maximum atomic E-state index is 13.6. The molecule has 0 fully saturated rings. The normalized spacial score (nSPS) is 10.3. The Kier molecular flexibility index (Phi) is 6.56. The molecule has 4 nitrogen and oxygen atoms in total. The van der Waals surface area contributed by atoms with Crippen molar-refractivity contribution in [3.8, 4) is 5.75 Å². The lowest BCUT2D eigenvalue weighted by molar-refractivity contribution is -0.118. The van der Waals surface area contributed by atoms with Crippen molar-refractivity contribution in [2.75, 3.05) is 13.1 Å². The van der Waals surface area contributed by atoms with Crippen molar-refractivity contribution in [3.05, 3.63) is 65.5 Å². The summed E-state index contributed by atoms with van der Waals surface area (Å²) in [4.78, 5) is 10.8. The van der Waals surface area contributed by atoms with Crippen molar-refractivity contribution in [1.29, 1.82) is 0 Å². The third-order valence-corrected chi connectivity index (χ3v) is 3.30. The van der Waals surface area contributed by atoms with Crippen LogP contribution >= 0.6 is 0 Å². The number of para-hydroxylation sites is 1. The zero-order valence-corrected chi connectivity index (χ0v) is 13.1. The molecule has 5 heteroatoms. The first kappa shape index (κ1) is 17.0. The highest BCUT2D eigenvalue weighted by molar-refractivity contribution is 5.72. The maximum absolute atomic E-state index is 13.6. The van der Waals surface area contributed by atoms with E-state index in [0.29, 0.717) is 25.2 Å². The fourth-order valence-corrected chi connectivity index (χ4v) is 2.11. The Morgan fingerprint density at radius 1 is 1.04 bits per heavy atom. The molecule has 0 unspecified atom stereocenters. The molecule has 0 heterocycles. The summed E-state index contributed by atoms with van der Waals surface area (Å²) in [5.41, 5.74) is 1.52. The van der Waals surface area contributed by atoms with Crippen molar-refractivity contribution in [3.63, 3.8) is 0 Å². The van der Waals surface area contributed by atoms with E-state index < -0.39 is 0 Å². The monoisotopic (exact) mass is 316 g/mol. The van der Waals surface area contributed by atoms with Gasteiger partial charge in [-0.05, 0) is 12.1 Å². The molecule has 23 heavy (non-hydrogen) atoms. The Labute approximate surface area is 135 Å². The molecule has 0 aliphatic carbocycles. The Bertz CT molecular complexity index is 646. The minimum Gasteiger partial charge on any atom is -0.488 e. The second-order valence-electron chi connectivity index (χ2n) is 5.15. The first-order valence-corrected chi connectivity index (χ1v) is 7.56. The van der Waals surface area contributed by atoms with Crippen molar-refractivity contribution < 1.29 is 13.9 Å². The highest BCUT2D eigenvalue weighted by Gasteiger charge is 2.05. The number of rotatable bonds is 8. The summed E-state index contributed by atoms with van der Waals surface area (Å²) in [7, 11) is 0. The predicted octanol–water partition coefficient (Wildman–Crippen LogP) is 2.63. The Balaban J connectivity index is 1.87. The zero-order chi connectivity index (χ0) is 16.5. The lowest BCUT2D eigenvalue weighted by Gasteiger charge is -2.12. The second-order valence-corrected chi connectivity index (χ2v) is 5.15. The van der Waals surface area contributed by atoms with Crippen LogP contribution in [-0.2, 0) is 17.9 Å². The van der Waals surface area contributed by atoms with Crippen LogP contribution in [0.5, 0.6) is 5.75 Å². The molecule has 2 N–H and O–H groups in total. The van der Waals surface area contributed by atoms with E-state index in [4.69, 9.17) is 4.74 Å². The van der Waals surface area contributed by atoms with Gasteiger partial charge in [0.25, 0.3) is 0 Å². The van der Waals surface area contributed by atoms with Crippen LogP contribution in [0.2, 0.25) is 0 Å². The van der Waals surface area contributed by atoms with Crippen LogP contribution in [0, 0.1) is 5.82 Å². The summed E-state index contributed by atoms with van der Waals surface area (Å²) in [6.07, 6.45) is 0. The average molecular weight is 316 g/mol. The smallest absolute Gasteiger partial charge is 0.216 e. The number of hydrogen-bond acceptors (Lipinski definition) is 3. The highest BCUT2D eigenvalue weighted by atomic mass is 19.1. The Hall–Kier alpha value is -2.40. The van der Waals surface area contributed by atoms with Gasteiger partial charge in [-0.1, -0.05) is 36.4 Å². The van der Waals surface area contributed by atoms with Gasteiger partial charge in [0.2, 0.25) is 5.91 Å². The van der Waals surface area contributed by atoms with Crippen LogP contribution < -0.4 is 15.4 Å². The molecule has 2 aromatic carbocycles. The fraction of sp³-hybridized carbons (Fsp3) is 0.278. The van der Waals surface area contributed by atoms with Gasteiger partial charge in [-0.2, -0.15) is 0 Å². The van der Waals surface area contributed by atoms with E-state index in [9.17, 15) is 9.18 Å². The Morgan fingerprint density at radius 2 is 1.74 bits per heavy atom. The van der Waals surface area contributed by atoms with E-state index in [1.807, 2.05) is 24.3 Å². The van der Waals surface area contributed by atoms with E-state index >= 15 is 0 Å². The van der Waals surface area contributed by atoms with Gasteiger partial charge in [0, 0.05) is 37.7 Å². The minimum absolute atomic E-state index is 0.0413. The number of ether oxygens (including phenoxy) is 1. The third-order valence-electron chi connectivity index (χ3n) is 3.30. The molecule has 0 saturated heterocycles. The number of halogens is 1. The molecule has 0 spiro atoms. The summed E-state index contributed by atoms with van der Waals surface area (Å²) < 4.78 is 19.4. The third kappa shape index (κ3) is 5.71. The summed E-state index contributed by atoms with van der Waals surface area (Å²) in [5, 5.41) is 5.96. The van der Waals surface area contributed by atoms with Gasteiger partial charge >= 0.3 is 0 Å². The SMILES string of the molecule is CC(=O)NCCNCc1ccccc1OCc1ccccc1F. The van der Waals surface area contributed by atoms with Gasteiger partial charge < -0.3 is 15.4 Å². The van der Waals surface area contributed by atoms with Gasteiger partial charge in [-0.25, -0.2) is 4.39 Å². The Morgan fingerprint density at radius 3 is 2.48 bits per heavy atom. The molecule has 122 valence electrons. The van der Waals surface area contributed by atoms with Gasteiger partial charge in [0.05, 0.1) is 0 Å². The molecular weight excluding hydrogens is 295 g/mol. The van der Waals surface area contributed by atoms with Crippen molar-refractivity contribution in [2.24, 2.45) is 0 Å². The highest BCUT2D eigenvalue weighted by Crippen LogP contribution is 2.19. The zero-order valence-electron chi connectivity index (χ0n) is 13.1. The van der Waals surface area contributed by atoms with E-state index in [1.165, 1.54) is 13.0 Å². The molecule has 2 aromatic rings. The summed E-state index contributed by atoms with van der Waals surface area (Å²) in [5.74, 6) is 0.418. The predicted molar refractivity (Wildman–Crippen MR) is 87.6 cm³/mol. The number of nitrogens with one attached hydrogen (secondary N) is 2. The van der Waals surface area contributed by atoms with Crippen molar-refractivity contribution >= 4 is 5.91 Å². The first-order valence-electron chi connectivity index (χ1n) is 7.56. The second kappa shape index (κ2) is 8.90. The number of carbonyl (C=O) groups is 1. The number of amides is 1. The molecule has 0 saturated carbocycles. The standard InChI is InChI=1S/C18H21FN2O2/c1-14(22)21-11-10-20-12-15-6-3-5-9-18(15)23-13-16-7-2-4-8-17(16)19/h2-9,20H,10-13H2,1H3,(H,21,22). The van der Waals surface area contributed by atoms with E-state index in [2.05, 4.69) is 10.6 Å². The van der Waals surface area contributed by atoms with Crippen LogP contribution in [0.4, 0.5) is 4.39 Å². The molecule has 0 aromatic heterocycles. The number of hydrogen-bond donors (Lipinski definition) is 2. The molecule has 2 rings (SSSR count).